The molecule has 1 aromatic rings. The Hall–Kier alpha value is -3.25. The Labute approximate surface area is 223 Å². The summed E-state index contributed by atoms with van der Waals surface area (Å²) < 4.78 is 39.6. The summed E-state index contributed by atoms with van der Waals surface area (Å²) in [6.45, 7) is 12.9. The van der Waals surface area contributed by atoms with E-state index in [9.17, 15) is 14.4 Å². The van der Waals surface area contributed by atoms with Gasteiger partial charge in [-0.05, 0) is 47.5 Å². The minimum atomic E-state index is -2.44. The molecule has 0 radical (unpaired) electrons. The molecule has 3 rings (SSSR count). The molecular weight excluding hydrogens is 514 g/mol. The van der Waals surface area contributed by atoms with Crippen molar-refractivity contribution in [2.45, 2.75) is 77.1 Å². The maximum atomic E-state index is 12.5. The molecule has 1 aliphatic carbocycles. The average Bonchev–Trinajstić information content (AvgIpc) is 3.29. The number of carbonyl (C=O) groups excluding carboxylic acids is 3. The number of nitrogens with one attached hydrogen (secondary N) is 1. The number of hydrogen-bond donors (Lipinski definition) is 1. The number of amides is 1. The zero-order valence-electron chi connectivity index (χ0n) is 23.3. The summed E-state index contributed by atoms with van der Waals surface area (Å²) in [6.07, 6.45) is -1.97. The van der Waals surface area contributed by atoms with Gasteiger partial charge in [-0.25, -0.2) is 4.79 Å². The third-order valence-electron chi connectivity index (χ3n) is 6.95. The van der Waals surface area contributed by atoms with E-state index in [-0.39, 0.29) is 11.8 Å². The first-order valence-corrected chi connectivity index (χ1v) is 15.2. The third-order valence-corrected chi connectivity index (χ3v) is 11.4. The lowest BCUT2D eigenvalue weighted by Crippen LogP contribution is -2.60. The Morgan fingerprint density at radius 3 is 2.18 bits per heavy atom. The molecule has 0 saturated heterocycles. The van der Waals surface area contributed by atoms with Gasteiger partial charge in [-0.15, -0.1) is 0 Å². The SMILES string of the molecule is COC(=O)N[C@@H]1C(c2cc(OC)c3c(c2)OCO3)=C[C@@H](O[Si](C)(C)C(C)(C)C)[C@@H](OC(C)=O)[C@H]1OC(C)=O. The Morgan fingerprint density at radius 1 is 1.00 bits per heavy atom. The topological polar surface area (TPSA) is 128 Å². The summed E-state index contributed by atoms with van der Waals surface area (Å²) in [7, 11) is 0.285. The predicted octanol–water partition coefficient (Wildman–Crippen LogP) is 3.80. The van der Waals surface area contributed by atoms with E-state index in [4.69, 9.17) is 32.8 Å². The maximum Gasteiger partial charge on any atom is 0.407 e. The van der Waals surface area contributed by atoms with Gasteiger partial charge in [0.05, 0.1) is 20.3 Å². The second-order valence-corrected chi connectivity index (χ2v) is 15.4. The molecule has 12 heteroatoms. The van der Waals surface area contributed by atoms with Crippen molar-refractivity contribution in [2.75, 3.05) is 21.0 Å². The van der Waals surface area contributed by atoms with Crippen LogP contribution in [-0.2, 0) is 28.2 Å². The highest BCUT2D eigenvalue weighted by Gasteiger charge is 2.50. The normalized spacial score (nSPS) is 22.7. The van der Waals surface area contributed by atoms with Crippen LogP contribution in [0.2, 0.25) is 18.1 Å². The molecule has 38 heavy (non-hydrogen) atoms. The number of fused-ring (bicyclic) bond motifs is 1. The zero-order valence-corrected chi connectivity index (χ0v) is 24.3. The number of benzene rings is 1. The number of esters is 2. The van der Waals surface area contributed by atoms with Crippen LogP contribution in [0.25, 0.3) is 5.57 Å². The second kappa shape index (κ2) is 11.2. The van der Waals surface area contributed by atoms with Gasteiger partial charge in [0, 0.05) is 13.8 Å². The number of alkyl carbamates (subject to hydrolysis) is 1. The summed E-state index contributed by atoms with van der Waals surface area (Å²) in [5.74, 6) is 0.105. The van der Waals surface area contributed by atoms with Gasteiger partial charge in [0.15, 0.2) is 32.0 Å². The number of ether oxygens (including phenoxy) is 6. The molecule has 0 unspecified atom stereocenters. The summed E-state index contributed by atoms with van der Waals surface area (Å²) >= 11 is 0. The molecule has 4 atom stereocenters. The highest BCUT2D eigenvalue weighted by molar-refractivity contribution is 6.74. The van der Waals surface area contributed by atoms with Crippen molar-refractivity contribution in [3.05, 3.63) is 23.8 Å². The minimum Gasteiger partial charge on any atom is -0.493 e. The molecular formula is C26H37NO10Si. The van der Waals surface area contributed by atoms with E-state index < -0.39 is 50.7 Å². The highest BCUT2D eigenvalue weighted by Crippen LogP contribution is 2.46. The van der Waals surface area contributed by atoms with Gasteiger partial charge >= 0.3 is 18.0 Å². The zero-order chi connectivity index (χ0) is 28.4. The van der Waals surface area contributed by atoms with Crippen LogP contribution in [0.3, 0.4) is 0 Å². The number of hydrogen-bond acceptors (Lipinski definition) is 10. The molecule has 1 aliphatic heterocycles. The highest BCUT2D eigenvalue weighted by atomic mass is 28.4. The number of rotatable bonds is 7. The molecule has 2 aliphatic rings. The van der Waals surface area contributed by atoms with Crippen molar-refractivity contribution < 1.29 is 47.2 Å². The largest absolute Gasteiger partial charge is 0.493 e. The molecule has 0 saturated carbocycles. The molecule has 0 aromatic heterocycles. The van der Waals surface area contributed by atoms with Gasteiger partial charge in [-0.2, -0.15) is 0 Å². The van der Waals surface area contributed by atoms with Crippen LogP contribution in [0.4, 0.5) is 4.79 Å². The Kier molecular flexibility index (Phi) is 8.67. The number of methoxy groups -OCH3 is 2. The van der Waals surface area contributed by atoms with Crippen molar-refractivity contribution in [2.24, 2.45) is 0 Å². The number of carbonyl (C=O) groups is 3. The fraction of sp³-hybridized carbons (Fsp3) is 0.577. The van der Waals surface area contributed by atoms with Gasteiger partial charge in [0.25, 0.3) is 0 Å². The van der Waals surface area contributed by atoms with Crippen LogP contribution >= 0.6 is 0 Å². The molecule has 1 N–H and O–H groups in total. The first-order valence-electron chi connectivity index (χ1n) is 12.2. The van der Waals surface area contributed by atoms with Crippen molar-refractivity contribution in [3.8, 4) is 17.2 Å². The average molecular weight is 552 g/mol. The first-order chi connectivity index (χ1) is 17.7. The van der Waals surface area contributed by atoms with E-state index in [1.165, 1.54) is 28.1 Å². The summed E-state index contributed by atoms with van der Waals surface area (Å²) in [5, 5.41) is 2.56. The van der Waals surface area contributed by atoms with E-state index >= 15 is 0 Å². The third kappa shape index (κ3) is 6.24. The standard InChI is InChI=1S/C26H37NO10Si/c1-14(28)35-23-20(37-38(8,9)26(3,4)5)12-17(21(27-25(30)32-7)24(23)36-15(2)29)16-10-18(31-6)22-19(11-16)33-13-34-22/h10-12,20-21,23-24H,13H2,1-9H3,(H,27,30)/t20-,21-,23-,24+/m1/s1. The lowest BCUT2D eigenvalue weighted by atomic mass is 9.83. The summed E-state index contributed by atoms with van der Waals surface area (Å²) in [4.78, 5) is 37.0. The lowest BCUT2D eigenvalue weighted by molar-refractivity contribution is -0.173. The van der Waals surface area contributed by atoms with Crippen molar-refractivity contribution in [1.29, 1.82) is 0 Å². The van der Waals surface area contributed by atoms with Crippen LogP contribution in [0.5, 0.6) is 17.2 Å². The fourth-order valence-electron chi connectivity index (χ4n) is 4.12. The van der Waals surface area contributed by atoms with E-state index in [0.29, 0.717) is 28.4 Å². The van der Waals surface area contributed by atoms with Crippen molar-refractivity contribution in [1.82, 2.24) is 5.32 Å². The van der Waals surface area contributed by atoms with Gasteiger partial charge in [-0.1, -0.05) is 20.8 Å². The quantitative estimate of drug-likeness (QED) is 0.304. The van der Waals surface area contributed by atoms with E-state index in [1.807, 2.05) is 0 Å². The molecule has 11 nitrogen and oxygen atoms in total. The predicted molar refractivity (Wildman–Crippen MR) is 140 cm³/mol. The van der Waals surface area contributed by atoms with E-state index in [2.05, 4.69) is 39.2 Å². The van der Waals surface area contributed by atoms with E-state index in [0.717, 1.165) is 0 Å². The smallest absolute Gasteiger partial charge is 0.407 e. The fourth-order valence-corrected chi connectivity index (χ4v) is 5.35. The van der Waals surface area contributed by atoms with Crippen LogP contribution < -0.4 is 19.5 Å². The van der Waals surface area contributed by atoms with Crippen LogP contribution in [0.15, 0.2) is 18.2 Å². The summed E-state index contributed by atoms with van der Waals surface area (Å²) in [6, 6.07) is 2.49. The second-order valence-electron chi connectivity index (χ2n) is 10.6. The molecule has 0 spiro atoms. The minimum absolute atomic E-state index is 0.0275. The van der Waals surface area contributed by atoms with Gasteiger partial charge < -0.3 is 38.2 Å². The Bertz CT molecular complexity index is 1110. The van der Waals surface area contributed by atoms with Crippen LogP contribution in [0, 0.1) is 0 Å². The Morgan fingerprint density at radius 2 is 1.63 bits per heavy atom. The Balaban J connectivity index is 2.26. The molecule has 0 fully saturated rings. The molecule has 210 valence electrons. The van der Waals surface area contributed by atoms with Gasteiger partial charge in [0.2, 0.25) is 12.5 Å². The lowest BCUT2D eigenvalue weighted by Gasteiger charge is -2.45. The summed E-state index contributed by atoms with van der Waals surface area (Å²) in [5.41, 5.74) is 1.13. The molecule has 1 aromatic carbocycles. The van der Waals surface area contributed by atoms with Crippen LogP contribution in [0.1, 0.15) is 40.2 Å². The maximum absolute atomic E-state index is 12.5. The van der Waals surface area contributed by atoms with Gasteiger partial charge in [0.1, 0.15) is 6.10 Å². The van der Waals surface area contributed by atoms with Crippen LogP contribution in [-0.4, -0.2) is 71.7 Å². The molecule has 1 amide bonds. The monoisotopic (exact) mass is 551 g/mol. The first kappa shape index (κ1) is 29.3. The molecule has 1 heterocycles. The molecule has 0 bridgehead atoms. The van der Waals surface area contributed by atoms with Gasteiger partial charge in [-0.3, -0.25) is 9.59 Å². The van der Waals surface area contributed by atoms with Crippen molar-refractivity contribution in [3.63, 3.8) is 0 Å². The van der Waals surface area contributed by atoms with E-state index in [1.54, 1.807) is 18.2 Å². The van der Waals surface area contributed by atoms with Crippen molar-refractivity contribution >= 4 is 31.9 Å².